The Morgan fingerprint density at radius 1 is 1.42 bits per heavy atom. The average molecular weight is 262 g/mol. The minimum absolute atomic E-state index is 0.623. The summed E-state index contributed by atoms with van der Waals surface area (Å²) < 4.78 is 0. The summed E-state index contributed by atoms with van der Waals surface area (Å²) in [7, 11) is 2.16. The minimum Gasteiger partial charge on any atom is -0.357 e. The van der Waals surface area contributed by atoms with E-state index < -0.39 is 0 Å². The molecule has 0 saturated heterocycles. The van der Waals surface area contributed by atoms with E-state index in [2.05, 4.69) is 41.1 Å². The van der Waals surface area contributed by atoms with Gasteiger partial charge in [-0.3, -0.25) is 0 Å². The fraction of sp³-hybridized carbons (Fsp3) is 0.733. The smallest absolute Gasteiger partial charge is 0.224 e. The van der Waals surface area contributed by atoms with Gasteiger partial charge in [-0.15, -0.1) is 0 Å². The van der Waals surface area contributed by atoms with Crippen LogP contribution in [0.4, 0.5) is 11.8 Å². The first-order valence-corrected chi connectivity index (χ1v) is 7.50. The topological polar surface area (TPSA) is 41.1 Å². The molecule has 19 heavy (non-hydrogen) atoms. The Labute approximate surface area is 116 Å². The normalized spacial score (nSPS) is 23.1. The monoisotopic (exact) mass is 262 g/mol. The van der Waals surface area contributed by atoms with E-state index in [1.54, 1.807) is 0 Å². The second kappa shape index (κ2) is 6.73. The molecular weight excluding hydrogens is 236 g/mol. The van der Waals surface area contributed by atoms with Crippen LogP contribution in [0.2, 0.25) is 0 Å². The molecule has 1 aromatic rings. The molecule has 1 aliphatic rings. The third-order valence-electron chi connectivity index (χ3n) is 3.99. The molecule has 1 heterocycles. The van der Waals surface area contributed by atoms with E-state index in [0.29, 0.717) is 6.04 Å². The van der Waals surface area contributed by atoms with Gasteiger partial charge in [0.15, 0.2) is 0 Å². The van der Waals surface area contributed by atoms with Gasteiger partial charge >= 0.3 is 0 Å². The van der Waals surface area contributed by atoms with Gasteiger partial charge in [0.1, 0.15) is 5.82 Å². The van der Waals surface area contributed by atoms with E-state index >= 15 is 0 Å². The number of hydrogen-bond donors (Lipinski definition) is 1. The Morgan fingerprint density at radius 3 is 3.00 bits per heavy atom. The number of nitrogens with one attached hydrogen (secondary N) is 1. The van der Waals surface area contributed by atoms with E-state index in [1.165, 1.54) is 25.7 Å². The maximum absolute atomic E-state index is 4.61. The zero-order valence-electron chi connectivity index (χ0n) is 12.4. The van der Waals surface area contributed by atoms with Gasteiger partial charge in [0.25, 0.3) is 0 Å². The lowest BCUT2D eigenvalue weighted by Crippen LogP contribution is -2.36. The van der Waals surface area contributed by atoms with E-state index in [0.717, 1.165) is 30.6 Å². The van der Waals surface area contributed by atoms with Crippen molar-refractivity contribution in [3.8, 4) is 0 Å². The van der Waals surface area contributed by atoms with Crippen LogP contribution in [-0.2, 0) is 0 Å². The molecule has 1 N–H and O–H groups in total. The predicted octanol–water partition coefficient (Wildman–Crippen LogP) is 3.31. The quantitative estimate of drug-likeness (QED) is 0.884. The SMILES string of the molecule is CCCNc1nccc(N(C)C2CCCC(C)C2)n1. The highest BCUT2D eigenvalue weighted by Crippen LogP contribution is 2.28. The third-order valence-corrected chi connectivity index (χ3v) is 3.99. The van der Waals surface area contributed by atoms with E-state index in [1.807, 2.05) is 12.3 Å². The zero-order valence-corrected chi connectivity index (χ0v) is 12.4. The molecule has 2 rings (SSSR count). The summed E-state index contributed by atoms with van der Waals surface area (Å²) in [5.74, 6) is 2.61. The van der Waals surface area contributed by atoms with Crippen LogP contribution in [0.15, 0.2) is 12.3 Å². The molecule has 2 atom stereocenters. The van der Waals surface area contributed by atoms with Gasteiger partial charge in [-0.2, -0.15) is 4.98 Å². The largest absolute Gasteiger partial charge is 0.357 e. The van der Waals surface area contributed by atoms with Crippen molar-refractivity contribution in [1.29, 1.82) is 0 Å². The molecule has 4 nitrogen and oxygen atoms in total. The van der Waals surface area contributed by atoms with Crippen molar-refractivity contribution < 1.29 is 0 Å². The molecule has 1 aliphatic carbocycles. The molecule has 1 aromatic heterocycles. The molecule has 0 amide bonds. The summed E-state index contributed by atoms with van der Waals surface area (Å²) in [4.78, 5) is 11.2. The highest BCUT2D eigenvalue weighted by atomic mass is 15.2. The molecule has 4 heteroatoms. The summed E-state index contributed by atoms with van der Waals surface area (Å²) in [6.45, 7) is 5.42. The van der Waals surface area contributed by atoms with Crippen molar-refractivity contribution in [2.24, 2.45) is 5.92 Å². The first-order chi connectivity index (χ1) is 9.20. The van der Waals surface area contributed by atoms with Crippen LogP contribution in [0.25, 0.3) is 0 Å². The maximum atomic E-state index is 4.61. The number of nitrogens with zero attached hydrogens (tertiary/aromatic N) is 3. The van der Waals surface area contributed by atoms with Crippen LogP contribution < -0.4 is 10.2 Å². The lowest BCUT2D eigenvalue weighted by atomic mass is 9.86. The predicted molar refractivity (Wildman–Crippen MR) is 80.6 cm³/mol. The van der Waals surface area contributed by atoms with Crippen molar-refractivity contribution in [3.05, 3.63) is 12.3 Å². The summed E-state index contributed by atoms with van der Waals surface area (Å²) in [6.07, 6.45) is 8.20. The van der Waals surface area contributed by atoms with Gasteiger partial charge in [0.05, 0.1) is 0 Å². The molecule has 0 bridgehead atoms. The summed E-state index contributed by atoms with van der Waals surface area (Å²) in [5, 5.41) is 3.25. The van der Waals surface area contributed by atoms with Gasteiger partial charge in [-0.25, -0.2) is 4.98 Å². The fourth-order valence-electron chi connectivity index (χ4n) is 2.81. The molecular formula is C15H26N4. The van der Waals surface area contributed by atoms with Gasteiger partial charge in [0, 0.05) is 25.8 Å². The second-order valence-corrected chi connectivity index (χ2v) is 5.70. The van der Waals surface area contributed by atoms with Crippen molar-refractivity contribution >= 4 is 11.8 Å². The third kappa shape index (κ3) is 3.82. The van der Waals surface area contributed by atoms with Crippen LogP contribution >= 0.6 is 0 Å². The molecule has 2 unspecified atom stereocenters. The van der Waals surface area contributed by atoms with Crippen molar-refractivity contribution in [2.75, 3.05) is 23.8 Å². The van der Waals surface area contributed by atoms with E-state index in [4.69, 9.17) is 0 Å². The first kappa shape index (κ1) is 14.1. The Kier molecular flexibility index (Phi) is 5.00. The highest BCUT2D eigenvalue weighted by molar-refractivity contribution is 5.42. The lowest BCUT2D eigenvalue weighted by molar-refractivity contribution is 0.335. The molecule has 106 valence electrons. The van der Waals surface area contributed by atoms with Crippen LogP contribution in [-0.4, -0.2) is 29.6 Å². The maximum Gasteiger partial charge on any atom is 0.224 e. The number of aromatic nitrogens is 2. The van der Waals surface area contributed by atoms with Crippen LogP contribution in [0.5, 0.6) is 0 Å². The standard InChI is InChI=1S/C15H26N4/c1-4-9-16-15-17-10-8-14(18-15)19(3)13-7-5-6-12(2)11-13/h8,10,12-13H,4-7,9,11H2,1-3H3,(H,16,17,18). The highest BCUT2D eigenvalue weighted by Gasteiger charge is 2.23. The number of rotatable bonds is 5. The molecule has 1 saturated carbocycles. The van der Waals surface area contributed by atoms with E-state index in [9.17, 15) is 0 Å². The van der Waals surface area contributed by atoms with Crippen LogP contribution in [0.3, 0.4) is 0 Å². The zero-order chi connectivity index (χ0) is 13.7. The van der Waals surface area contributed by atoms with Gasteiger partial charge in [0.2, 0.25) is 5.95 Å². The Balaban J connectivity index is 2.03. The lowest BCUT2D eigenvalue weighted by Gasteiger charge is -2.34. The summed E-state index contributed by atoms with van der Waals surface area (Å²) in [5.41, 5.74) is 0. The molecule has 0 aliphatic heterocycles. The fourth-order valence-corrected chi connectivity index (χ4v) is 2.81. The second-order valence-electron chi connectivity index (χ2n) is 5.70. The van der Waals surface area contributed by atoms with Crippen molar-refractivity contribution in [1.82, 2.24) is 9.97 Å². The van der Waals surface area contributed by atoms with Crippen LogP contribution in [0, 0.1) is 5.92 Å². The number of anilines is 2. The molecule has 0 aromatic carbocycles. The Hall–Kier alpha value is -1.32. The Bertz CT molecular complexity index is 393. The van der Waals surface area contributed by atoms with Crippen LogP contribution in [0.1, 0.15) is 46.0 Å². The summed E-state index contributed by atoms with van der Waals surface area (Å²) >= 11 is 0. The van der Waals surface area contributed by atoms with E-state index in [-0.39, 0.29) is 0 Å². The van der Waals surface area contributed by atoms with Crippen molar-refractivity contribution in [3.63, 3.8) is 0 Å². The molecule has 1 fully saturated rings. The van der Waals surface area contributed by atoms with Crippen molar-refractivity contribution in [2.45, 2.75) is 52.0 Å². The number of hydrogen-bond acceptors (Lipinski definition) is 4. The average Bonchev–Trinajstić information content (AvgIpc) is 2.44. The minimum atomic E-state index is 0.623. The Morgan fingerprint density at radius 2 is 2.26 bits per heavy atom. The molecule has 0 radical (unpaired) electrons. The molecule has 0 spiro atoms. The van der Waals surface area contributed by atoms with Gasteiger partial charge in [-0.1, -0.05) is 26.7 Å². The summed E-state index contributed by atoms with van der Waals surface area (Å²) in [6, 6.07) is 2.63. The van der Waals surface area contributed by atoms with Gasteiger partial charge < -0.3 is 10.2 Å². The first-order valence-electron chi connectivity index (χ1n) is 7.50. The van der Waals surface area contributed by atoms with Gasteiger partial charge in [-0.05, 0) is 31.2 Å².